The Balaban J connectivity index is 1.55. The Morgan fingerprint density at radius 3 is 2.33 bits per heavy atom. The summed E-state index contributed by atoms with van der Waals surface area (Å²) < 4.78 is 22.4. The van der Waals surface area contributed by atoms with Crippen LogP contribution in [0, 0.1) is 0 Å². The number of carbonyl (C=O) groups is 1. The van der Waals surface area contributed by atoms with E-state index in [1.165, 1.54) is 18.0 Å². The minimum Gasteiger partial charge on any atom is -0.493 e. The summed E-state index contributed by atoms with van der Waals surface area (Å²) in [5.74, 6) is 1.92. The van der Waals surface area contributed by atoms with E-state index in [2.05, 4.69) is 15.3 Å². The van der Waals surface area contributed by atoms with Crippen molar-refractivity contribution in [3.8, 4) is 23.0 Å². The van der Waals surface area contributed by atoms with Gasteiger partial charge in [-0.25, -0.2) is 4.98 Å². The summed E-state index contributed by atoms with van der Waals surface area (Å²) >= 11 is 0. The van der Waals surface area contributed by atoms with Crippen LogP contribution < -0.4 is 29.8 Å². The predicted octanol–water partition coefficient (Wildman–Crippen LogP) is 2.23. The average molecular weight is 452 g/mol. The van der Waals surface area contributed by atoms with E-state index in [1.54, 1.807) is 45.6 Å². The van der Waals surface area contributed by atoms with E-state index >= 15 is 0 Å². The van der Waals surface area contributed by atoms with Crippen molar-refractivity contribution in [1.29, 1.82) is 0 Å². The van der Waals surface area contributed by atoms with Crippen LogP contribution in [0.4, 0.5) is 0 Å². The summed E-state index contributed by atoms with van der Waals surface area (Å²) in [7, 11) is 6.19. The quantitative estimate of drug-likeness (QED) is 0.421. The van der Waals surface area contributed by atoms with Crippen molar-refractivity contribution in [2.75, 3.05) is 28.4 Å². The second-order valence-corrected chi connectivity index (χ2v) is 7.25. The van der Waals surface area contributed by atoms with Gasteiger partial charge in [0.1, 0.15) is 17.6 Å². The fourth-order valence-corrected chi connectivity index (χ4v) is 3.63. The Bertz CT molecular complexity index is 1390. The zero-order valence-electron chi connectivity index (χ0n) is 18.7. The Labute approximate surface area is 189 Å². The topological polar surface area (TPSA) is 117 Å². The lowest BCUT2D eigenvalue weighted by atomic mass is 10.2. The van der Waals surface area contributed by atoms with E-state index in [0.29, 0.717) is 39.5 Å². The molecule has 2 aromatic carbocycles. The molecule has 1 amide bonds. The maximum absolute atomic E-state index is 13.0. The normalized spacial score (nSPS) is 10.9. The fraction of sp³-hybridized carbons (Fsp3) is 0.261. The summed E-state index contributed by atoms with van der Waals surface area (Å²) in [4.78, 5) is 33.0. The van der Waals surface area contributed by atoms with E-state index in [-0.39, 0.29) is 24.6 Å². The predicted molar refractivity (Wildman–Crippen MR) is 122 cm³/mol. The second-order valence-electron chi connectivity index (χ2n) is 7.25. The smallest absolute Gasteiger partial charge is 0.278 e. The molecule has 4 aromatic rings. The molecule has 0 fully saturated rings. The van der Waals surface area contributed by atoms with Crippen molar-refractivity contribution >= 4 is 27.8 Å². The molecular formula is C23H24N4O6. The Morgan fingerprint density at radius 2 is 1.64 bits per heavy atom. The minimum atomic E-state index is -0.351. The minimum absolute atomic E-state index is 0.170. The van der Waals surface area contributed by atoms with Crippen LogP contribution in [0.1, 0.15) is 5.56 Å². The Hall–Kier alpha value is -4.21. The monoisotopic (exact) mass is 452 g/mol. The van der Waals surface area contributed by atoms with Crippen molar-refractivity contribution in [3.63, 3.8) is 0 Å². The molecule has 10 heteroatoms. The third-order valence-corrected chi connectivity index (χ3v) is 5.33. The molecule has 2 heterocycles. The molecule has 2 aromatic heterocycles. The molecule has 0 aliphatic rings. The highest BCUT2D eigenvalue weighted by atomic mass is 16.5. The number of nitrogens with one attached hydrogen (secondary N) is 2. The first-order chi connectivity index (χ1) is 16.0. The molecule has 0 spiro atoms. The van der Waals surface area contributed by atoms with E-state index in [9.17, 15) is 9.59 Å². The van der Waals surface area contributed by atoms with Crippen molar-refractivity contribution in [2.45, 2.75) is 13.1 Å². The number of hydrogen-bond donors (Lipinski definition) is 2. The molecule has 0 unspecified atom stereocenters. The molecular weight excluding hydrogens is 428 g/mol. The molecule has 33 heavy (non-hydrogen) atoms. The third kappa shape index (κ3) is 4.14. The Kier molecular flexibility index (Phi) is 6.07. The van der Waals surface area contributed by atoms with Gasteiger partial charge in [0.15, 0.2) is 23.0 Å². The number of carbonyl (C=O) groups excluding carboxylic acids is 1. The molecule has 0 saturated carbocycles. The van der Waals surface area contributed by atoms with Crippen molar-refractivity contribution in [2.24, 2.45) is 0 Å². The molecule has 0 atom stereocenters. The number of benzene rings is 2. The van der Waals surface area contributed by atoms with Gasteiger partial charge in [-0.3, -0.25) is 14.2 Å². The van der Waals surface area contributed by atoms with Gasteiger partial charge in [-0.05, 0) is 23.8 Å². The van der Waals surface area contributed by atoms with Crippen LogP contribution in [0.3, 0.4) is 0 Å². The highest BCUT2D eigenvalue weighted by molar-refractivity contribution is 6.05. The standard InChI is InChI=1S/C23H24N4O6/c1-30-16-6-5-13(7-17(16)31-2)10-24-20(28)11-27-12-25-21-14-8-18(32-3)19(33-4)9-15(14)26-22(21)23(27)29/h5-9,12,26H,10-11H2,1-4H3,(H,24,28). The Morgan fingerprint density at radius 1 is 0.970 bits per heavy atom. The van der Waals surface area contributed by atoms with Crippen molar-refractivity contribution < 1.29 is 23.7 Å². The van der Waals surface area contributed by atoms with Crippen LogP contribution in [0.2, 0.25) is 0 Å². The maximum Gasteiger partial charge on any atom is 0.278 e. The summed E-state index contributed by atoms with van der Waals surface area (Å²) in [6.45, 7) is 0.104. The van der Waals surface area contributed by atoms with Crippen LogP contribution in [-0.2, 0) is 17.9 Å². The van der Waals surface area contributed by atoms with Crippen LogP contribution in [0.25, 0.3) is 21.9 Å². The van der Waals surface area contributed by atoms with Gasteiger partial charge in [-0.15, -0.1) is 0 Å². The number of nitrogens with zero attached hydrogens (tertiary/aromatic N) is 2. The fourth-order valence-electron chi connectivity index (χ4n) is 3.63. The van der Waals surface area contributed by atoms with E-state index in [1.807, 2.05) is 6.07 Å². The largest absolute Gasteiger partial charge is 0.493 e. The van der Waals surface area contributed by atoms with Gasteiger partial charge in [0.05, 0.1) is 40.3 Å². The third-order valence-electron chi connectivity index (χ3n) is 5.33. The van der Waals surface area contributed by atoms with Crippen LogP contribution in [0.15, 0.2) is 41.5 Å². The average Bonchev–Trinajstić information content (AvgIpc) is 3.21. The number of rotatable bonds is 8. The lowest BCUT2D eigenvalue weighted by Crippen LogP contribution is -2.32. The van der Waals surface area contributed by atoms with Gasteiger partial charge >= 0.3 is 0 Å². The number of H-pyrrole nitrogens is 1. The SMILES string of the molecule is COc1ccc(CNC(=O)Cn2cnc3c([nH]c4cc(OC)c(OC)cc43)c2=O)cc1OC. The molecule has 0 bridgehead atoms. The van der Waals surface area contributed by atoms with Crippen molar-refractivity contribution in [1.82, 2.24) is 19.9 Å². The highest BCUT2D eigenvalue weighted by Crippen LogP contribution is 2.34. The number of ether oxygens (including phenoxy) is 4. The number of aromatic amines is 1. The van der Waals surface area contributed by atoms with Gasteiger partial charge in [-0.2, -0.15) is 0 Å². The lowest BCUT2D eigenvalue weighted by Gasteiger charge is -2.11. The first-order valence-electron chi connectivity index (χ1n) is 10.1. The molecule has 172 valence electrons. The first kappa shape index (κ1) is 22.0. The van der Waals surface area contributed by atoms with Gasteiger partial charge in [0.2, 0.25) is 5.91 Å². The van der Waals surface area contributed by atoms with Gasteiger partial charge in [-0.1, -0.05) is 6.07 Å². The van der Waals surface area contributed by atoms with Gasteiger partial charge < -0.3 is 29.2 Å². The van der Waals surface area contributed by atoms with Gasteiger partial charge in [0, 0.05) is 18.0 Å². The molecule has 0 saturated heterocycles. The molecule has 0 aliphatic carbocycles. The van der Waals surface area contributed by atoms with Gasteiger partial charge in [0.25, 0.3) is 5.56 Å². The maximum atomic E-state index is 13.0. The van der Waals surface area contributed by atoms with E-state index in [0.717, 1.165) is 10.9 Å². The lowest BCUT2D eigenvalue weighted by molar-refractivity contribution is -0.121. The molecule has 2 N–H and O–H groups in total. The molecule has 0 aliphatic heterocycles. The number of hydrogen-bond acceptors (Lipinski definition) is 7. The summed E-state index contributed by atoms with van der Waals surface area (Å²) in [6.07, 6.45) is 1.37. The van der Waals surface area contributed by atoms with Crippen LogP contribution in [-0.4, -0.2) is 48.9 Å². The zero-order valence-corrected chi connectivity index (χ0v) is 18.7. The van der Waals surface area contributed by atoms with E-state index < -0.39 is 0 Å². The number of amides is 1. The number of methoxy groups -OCH3 is 4. The molecule has 0 radical (unpaired) electrons. The zero-order chi connectivity index (χ0) is 23.5. The first-order valence-corrected chi connectivity index (χ1v) is 10.1. The summed E-state index contributed by atoms with van der Waals surface area (Å²) in [6, 6.07) is 8.89. The van der Waals surface area contributed by atoms with E-state index in [4.69, 9.17) is 18.9 Å². The van der Waals surface area contributed by atoms with Crippen LogP contribution in [0.5, 0.6) is 23.0 Å². The number of fused-ring (bicyclic) bond motifs is 3. The highest BCUT2D eigenvalue weighted by Gasteiger charge is 2.16. The summed E-state index contributed by atoms with van der Waals surface area (Å²) in [5, 5.41) is 3.53. The summed E-state index contributed by atoms with van der Waals surface area (Å²) in [5.41, 5.74) is 1.96. The molecule has 10 nitrogen and oxygen atoms in total. The molecule has 4 rings (SSSR count). The van der Waals surface area contributed by atoms with Crippen molar-refractivity contribution in [3.05, 3.63) is 52.6 Å². The van der Waals surface area contributed by atoms with Crippen LogP contribution >= 0.6 is 0 Å². The second kappa shape index (κ2) is 9.11. The number of aromatic nitrogens is 3.